The molecular formula is C23H28N8O2. The number of unbranched alkanes of at least 4 members (excludes halogenated alkanes) is 3. The number of nitrogen functional groups attached to an aromatic ring is 1. The van der Waals surface area contributed by atoms with E-state index >= 15 is 0 Å². The van der Waals surface area contributed by atoms with Crippen molar-refractivity contribution >= 4 is 23.0 Å². The molecule has 0 aliphatic heterocycles. The Hall–Kier alpha value is -3.82. The van der Waals surface area contributed by atoms with Crippen LogP contribution in [0.2, 0.25) is 0 Å². The second kappa shape index (κ2) is 10.7. The fourth-order valence-corrected chi connectivity index (χ4v) is 3.66. The lowest BCUT2D eigenvalue weighted by atomic mass is 10.1. The van der Waals surface area contributed by atoms with Crippen molar-refractivity contribution in [1.29, 1.82) is 0 Å². The third-order valence-electron chi connectivity index (χ3n) is 5.39. The molecule has 0 radical (unpaired) electrons. The summed E-state index contributed by atoms with van der Waals surface area (Å²) in [6.45, 7) is 3.72. The molecule has 0 bridgehead atoms. The molecule has 0 saturated heterocycles. The molecular weight excluding hydrogens is 420 g/mol. The molecule has 3 heterocycles. The Labute approximate surface area is 191 Å². The Morgan fingerprint density at radius 1 is 1.06 bits per heavy atom. The van der Waals surface area contributed by atoms with Crippen LogP contribution in [0.1, 0.15) is 44.6 Å². The second-order valence-corrected chi connectivity index (χ2v) is 7.84. The molecule has 0 atom stereocenters. The summed E-state index contributed by atoms with van der Waals surface area (Å²) in [5.74, 6) is 0.273. The van der Waals surface area contributed by atoms with Crippen LogP contribution < -0.4 is 5.73 Å². The molecule has 0 unspecified atom stereocenters. The number of anilines is 1. The van der Waals surface area contributed by atoms with E-state index in [0.717, 1.165) is 54.7 Å². The highest BCUT2D eigenvalue weighted by atomic mass is 16.5. The van der Waals surface area contributed by atoms with Crippen LogP contribution in [0.25, 0.3) is 22.4 Å². The van der Waals surface area contributed by atoms with Crippen molar-refractivity contribution in [3.8, 4) is 11.3 Å². The number of benzene rings is 1. The number of hydrogen-bond donors (Lipinski definition) is 1. The lowest BCUT2D eigenvalue weighted by Crippen LogP contribution is -2.03. The van der Waals surface area contributed by atoms with Crippen LogP contribution in [0.15, 0.2) is 43.1 Å². The van der Waals surface area contributed by atoms with Crippen LogP contribution >= 0.6 is 0 Å². The van der Waals surface area contributed by atoms with Gasteiger partial charge in [0, 0.05) is 18.5 Å². The molecule has 0 saturated carbocycles. The minimum absolute atomic E-state index is 0.110. The second-order valence-electron chi connectivity index (χ2n) is 7.84. The van der Waals surface area contributed by atoms with Crippen molar-refractivity contribution in [2.45, 2.75) is 52.1 Å². The van der Waals surface area contributed by atoms with Crippen molar-refractivity contribution in [1.82, 2.24) is 34.5 Å². The number of nitrogens with two attached hydrogens (primary N) is 1. The molecule has 4 rings (SSSR count). The van der Waals surface area contributed by atoms with Crippen molar-refractivity contribution in [3.05, 3.63) is 48.7 Å². The van der Waals surface area contributed by atoms with Crippen molar-refractivity contribution < 1.29 is 9.53 Å². The molecule has 2 N–H and O–H groups in total. The average molecular weight is 449 g/mol. The van der Waals surface area contributed by atoms with E-state index in [1.807, 2.05) is 34.5 Å². The van der Waals surface area contributed by atoms with Gasteiger partial charge in [0.05, 0.1) is 25.7 Å². The molecule has 0 amide bonds. The Kier molecular flexibility index (Phi) is 7.23. The molecule has 4 aromatic rings. The Balaban J connectivity index is 1.27. The first-order chi connectivity index (χ1) is 16.1. The first-order valence-electron chi connectivity index (χ1n) is 11.2. The van der Waals surface area contributed by atoms with E-state index in [1.54, 1.807) is 6.33 Å². The molecule has 0 spiro atoms. The predicted molar refractivity (Wildman–Crippen MR) is 124 cm³/mol. The quantitative estimate of drug-likeness (QED) is 0.274. The van der Waals surface area contributed by atoms with Gasteiger partial charge in [0.15, 0.2) is 11.5 Å². The van der Waals surface area contributed by atoms with Crippen LogP contribution in [-0.2, 0) is 22.6 Å². The molecule has 0 aliphatic carbocycles. The van der Waals surface area contributed by atoms with E-state index in [1.165, 1.54) is 6.33 Å². The zero-order valence-electron chi connectivity index (χ0n) is 18.7. The summed E-state index contributed by atoms with van der Waals surface area (Å²) < 4.78 is 8.76. The van der Waals surface area contributed by atoms with E-state index in [2.05, 4.69) is 37.4 Å². The maximum Gasteiger partial charge on any atom is 0.305 e. The summed E-state index contributed by atoms with van der Waals surface area (Å²) >= 11 is 0. The van der Waals surface area contributed by atoms with E-state index in [0.29, 0.717) is 30.9 Å². The highest BCUT2D eigenvalue weighted by molar-refractivity contribution is 5.81. The number of hydrogen-bond acceptors (Lipinski definition) is 8. The number of aromatic nitrogens is 7. The van der Waals surface area contributed by atoms with Gasteiger partial charge in [0.1, 0.15) is 17.5 Å². The number of fused-ring (bicyclic) bond motifs is 1. The molecule has 3 aromatic heterocycles. The summed E-state index contributed by atoms with van der Waals surface area (Å²) in [7, 11) is 0. The Bertz CT molecular complexity index is 1200. The van der Waals surface area contributed by atoms with E-state index in [9.17, 15) is 4.79 Å². The van der Waals surface area contributed by atoms with Gasteiger partial charge < -0.3 is 15.0 Å². The van der Waals surface area contributed by atoms with Gasteiger partial charge >= 0.3 is 5.97 Å². The van der Waals surface area contributed by atoms with Gasteiger partial charge in [-0.2, -0.15) is 0 Å². The fourth-order valence-electron chi connectivity index (χ4n) is 3.66. The van der Waals surface area contributed by atoms with Crippen molar-refractivity contribution in [2.75, 3.05) is 12.3 Å². The fraction of sp³-hybridized carbons (Fsp3) is 0.391. The van der Waals surface area contributed by atoms with Gasteiger partial charge in [-0.3, -0.25) is 9.48 Å². The van der Waals surface area contributed by atoms with Gasteiger partial charge in [-0.05, 0) is 25.3 Å². The summed E-state index contributed by atoms with van der Waals surface area (Å²) in [5, 5.41) is 8.55. The number of carbonyl (C=O) groups excluding carboxylic acids is 1. The number of aryl methyl sites for hydroxylation is 1. The van der Waals surface area contributed by atoms with Crippen molar-refractivity contribution in [3.63, 3.8) is 0 Å². The highest BCUT2D eigenvalue weighted by Crippen LogP contribution is 2.20. The monoisotopic (exact) mass is 448 g/mol. The summed E-state index contributed by atoms with van der Waals surface area (Å²) in [6.07, 6.45) is 9.56. The maximum absolute atomic E-state index is 11.3. The Morgan fingerprint density at radius 3 is 2.70 bits per heavy atom. The minimum atomic E-state index is -0.110. The minimum Gasteiger partial charge on any atom is -0.466 e. The summed E-state index contributed by atoms with van der Waals surface area (Å²) in [4.78, 5) is 23.9. The van der Waals surface area contributed by atoms with Gasteiger partial charge in [-0.25, -0.2) is 15.0 Å². The van der Waals surface area contributed by atoms with Crippen LogP contribution in [-0.4, -0.2) is 47.1 Å². The third kappa shape index (κ3) is 5.71. The molecule has 1 aromatic carbocycles. The normalized spacial score (nSPS) is 11.2. The number of esters is 1. The molecule has 0 aliphatic rings. The van der Waals surface area contributed by atoms with Crippen LogP contribution in [0.5, 0.6) is 0 Å². The largest absolute Gasteiger partial charge is 0.466 e. The molecule has 33 heavy (non-hydrogen) atoms. The smallest absolute Gasteiger partial charge is 0.305 e. The maximum atomic E-state index is 11.3. The van der Waals surface area contributed by atoms with Crippen LogP contribution in [0.3, 0.4) is 0 Å². The zero-order valence-corrected chi connectivity index (χ0v) is 18.7. The van der Waals surface area contributed by atoms with E-state index in [-0.39, 0.29) is 5.97 Å². The summed E-state index contributed by atoms with van der Waals surface area (Å²) in [6, 6.07) is 8.21. The van der Waals surface area contributed by atoms with Gasteiger partial charge in [-0.1, -0.05) is 42.3 Å². The first kappa shape index (κ1) is 22.4. The van der Waals surface area contributed by atoms with Crippen LogP contribution in [0.4, 0.5) is 5.82 Å². The highest BCUT2D eigenvalue weighted by Gasteiger charge is 2.09. The molecule has 10 heteroatoms. The molecule has 0 fully saturated rings. The van der Waals surface area contributed by atoms with Gasteiger partial charge in [0.2, 0.25) is 0 Å². The van der Waals surface area contributed by atoms with Crippen LogP contribution in [0, 0.1) is 0 Å². The average Bonchev–Trinajstić information content (AvgIpc) is 3.45. The number of carbonyl (C=O) groups is 1. The number of rotatable bonds is 11. The van der Waals surface area contributed by atoms with Gasteiger partial charge in [0.25, 0.3) is 0 Å². The lowest BCUT2D eigenvalue weighted by molar-refractivity contribution is -0.143. The summed E-state index contributed by atoms with van der Waals surface area (Å²) in [5.41, 5.74) is 10.2. The number of imidazole rings is 1. The standard InChI is InChI=1S/C23H28N8O2/c1-2-33-20(32)7-5-3-4-6-12-31-14-19(28-29-31)18-10-8-17(9-11-18)13-30-16-27-21-22(24)25-15-26-23(21)30/h8-11,14-16H,2-7,12-13H2,1H3,(H2,24,25,26). The topological polar surface area (TPSA) is 127 Å². The SMILES string of the molecule is CCOC(=O)CCCCCCn1cc(-c2ccc(Cn3cnc4c(N)ncnc43)cc2)nn1. The van der Waals surface area contributed by atoms with Gasteiger partial charge in [-0.15, -0.1) is 5.10 Å². The Morgan fingerprint density at radius 2 is 1.88 bits per heavy atom. The van der Waals surface area contributed by atoms with E-state index < -0.39 is 0 Å². The first-order valence-corrected chi connectivity index (χ1v) is 11.2. The number of nitrogens with zero attached hydrogens (tertiary/aromatic N) is 7. The number of ether oxygens (including phenoxy) is 1. The molecule has 172 valence electrons. The molecule has 10 nitrogen and oxygen atoms in total. The lowest BCUT2D eigenvalue weighted by Gasteiger charge is -2.05. The zero-order chi connectivity index (χ0) is 23.0. The van der Waals surface area contributed by atoms with E-state index in [4.69, 9.17) is 10.5 Å². The third-order valence-corrected chi connectivity index (χ3v) is 5.39. The van der Waals surface area contributed by atoms with Crippen molar-refractivity contribution in [2.24, 2.45) is 0 Å². The predicted octanol–water partition coefficient (Wildman–Crippen LogP) is 3.23.